The standard InChI is InChI=1S/C31H35ClN8O3/c1-2-41-27-19-21(7-8-24(27)32)20-38-17-11-23(12-18-38)40(31-37-29-26(43-31)6-4-14-35-29)39(22-9-15-33-16-10-22)30-36-28-25(42-30)5-3-13-34-28/h3-8,13-14,19,22-23,33H,2,9-12,15-18,20H2,1H3. The molecular formula is C31H35ClN8O3. The van der Waals surface area contributed by atoms with Gasteiger partial charge in [0.05, 0.1) is 23.7 Å². The number of aromatic nitrogens is 4. The van der Waals surface area contributed by atoms with Crippen molar-refractivity contribution in [2.75, 3.05) is 42.8 Å². The Labute approximate surface area is 254 Å². The van der Waals surface area contributed by atoms with Crippen LogP contribution in [0.5, 0.6) is 5.75 Å². The van der Waals surface area contributed by atoms with E-state index in [1.165, 1.54) is 5.56 Å². The van der Waals surface area contributed by atoms with Crippen LogP contribution in [-0.2, 0) is 6.54 Å². The molecule has 0 radical (unpaired) electrons. The van der Waals surface area contributed by atoms with Crippen LogP contribution < -0.4 is 20.1 Å². The summed E-state index contributed by atoms with van der Waals surface area (Å²) in [5.41, 5.74) is 3.65. The number of likely N-dealkylation sites (tertiary alicyclic amines) is 1. The number of nitrogens with zero attached hydrogens (tertiary/aromatic N) is 7. The van der Waals surface area contributed by atoms with Gasteiger partial charge in [0.15, 0.2) is 11.2 Å². The lowest BCUT2D eigenvalue weighted by atomic mass is 10.0. The van der Waals surface area contributed by atoms with Crippen molar-refractivity contribution in [1.29, 1.82) is 0 Å². The van der Waals surface area contributed by atoms with Crippen LogP contribution in [0.3, 0.4) is 0 Å². The summed E-state index contributed by atoms with van der Waals surface area (Å²) in [6.45, 7) is 7.00. The van der Waals surface area contributed by atoms with Crippen LogP contribution in [0.1, 0.15) is 38.2 Å². The zero-order chi connectivity index (χ0) is 29.2. The van der Waals surface area contributed by atoms with Gasteiger partial charge in [-0.25, -0.2) is 20.0 Å². The molecule has 0 amide bonds. The highest BCUT2D eigenvalue weighted by atomic mass is 35.5. The van der Waals surface area contributed by atoms with E-state index < -0.39 is 0 Å². The average molecular weight is 603 g/mol. The number of hydrogen-bond donors (Lipinski definition) is 1. The minimum atomic E-state index is 0.103. The Morgan fingerprint density at radius 1 is 0.884 bits per heavy atom. The molecule has 224 valence electrons. The van der Waals surface area contributed by atoms with E-state index in [0.29, 0.717) is 46.1 Å². The van der Waals surface area contributed by atoms with Crippen molar-refractivity contribution in [2.24, 2.45) is 0 Å². The van der Waals surface area contributed by atoms with E-state index in [0.717, 1.165) is 64.2 Å². The molecule has 0 spiro atoms. The van der Waals surface area contributed by atoms with Gasteiger partial charge in [0.2, 0.25) is 11.3 Å². The lowest BCUT2D eigenvalue weighted by molar-refractivity contribution is 0.194. The van der Waals surface area contributed by atoms with Crippen LogP contribution in [0.15, 0.2) is 63.7 Å². The van der Waals surface area contributed by atoms with Gasteiger partial charge in [-0.3, -0.25) is 4.90 Å². The summed E-state index contributed by atoms with van der Waals surface area (Å²) in [7, 11) is 0. The lowest BCUT2D eigenvalue weighted by Gasteiger charge is -2.46. The summed E-state index contributed by atoms with van der Waals surface area (Å²) in [5.74, 6) is 0.734. The Hall–Kier alpha value is -3.93. The summed E-state index contributed by atoms with van der Waals surface area (Å²) in [6.07, 6.45) is 7.14. The molecule has 2 aliphatic rings. The molecule has 5 aromatic rings. The maximum absolute atomic E-state index is 6.39. The predicted octanol–water partition coefficient (Wildman–Crippen LogP) is 5.46. The Morgan fingerprint density at radius 3 is 2.07 bits per heavy atom. The number of hydrazine groups is 1. The van der Waals surface area contributed by atoms with Crippen molar-refractivity contribution in [3.05, 3.63) is 65.4 Å². The lowest BCUT2D eigenvalue weighted by Crippen LogP contribution is -2.59. The highest BCUT2D eigenvalue weighted by Gasteiger charge is 2.39. The minimum absolute atomic E-state index is 0.103. The topological polar surface area (TPSA) is 109 Å². The maximum Gasteiger partial charge on any atom is 0.319 e. The highest BCUT2D eigenvalue weighted by molar-refractivity contribution is 6.32. The Morgan fingerprint density at radius 2 is 1.49 bits per heavy atom. The first kappa shape index (κ1) is 27.9. The summed E-state index contributed by atoms with van der Waals surface area (Å²) < 4.78 is 18.5. The first-order valence-corrected chi connectivity index (χ1v) is 15.4. The Kier molecular flexibility index (Phi) is 8.01. The summed E-state index contributed by atoms with van der Waals surface area (Å²) >= 11 is 6.34. The van der Waals surface area contributed by atoms with Crippen molar-refractivity contribution >= 4 is 46.1 Å². The Balaban J connectivity index is 1.21. The fraction of sp³-hybridized carbons (Fsp3) is 0.419. The number of oxazole rings is 2. The third-order valence-electron chi connectivity index (χ3n) is 8.19. The molecule has 2 aliphatic heterocycles. The maximum atomic E-state index is 6.39. The molecule has 7 rings (SSSR count). The molecule has 2 fully saturated rings. The molecular weight excluding hydrogens is 568 g/mol. The number of rotatable bonds is 9. The number of fused-ring (bicyclic) bond motifs is 2. The number of anilines is 2. The number of pyridine rings is 2. The second kappa shape index (κ2) is 12.4. The fourth-order valence-corrected chi connectivity index (χ4v) is 6.28. The summed E-state index contributed by atoms with van der Waals surface area (Å²) in [5, 5.41) is 8.50. The van der Waals surface area contributed by atoms with Gasteiger partial charge in [0, 0.05) is 32.0 Å². The van der Waals surface area contributed by atoms with Crippen LogP contribution in [0.25, 0.3) is 22.5 Å². The zero-order valence-electron chi connectivity index (χ0n) is 24.2. The molecule has 4 aromatic heterocycles. The number of halogens is 1. The Bertz CT molecular complexity index is 1610. The van der Waals surface area contributed by atoms with E-state index in [9.17, 15) is 0 Å². The number of ether oxygens (including phenoxy) is 1. The normalized spacial score (nSPS) is 17.1. The van der Waals surface area contributed by atoms with Crippen molar-refractivity contribution in [2.45, 2.75) is 51.2 Å². The molecule has 0 bridgehead atoms. The number of nitrogens with one attached hydrogen (secondary N) is 1. The molecule has 12 heteroatoms. The van der Waals surface area contributed by atoms with E-state index in [1.54, 1.807) is 12.4 Å². The minimum Gasteiger partial charge on any atom is -0.492 e. The molecule has 2 saturated heterocycles. The molecule has 0 atom stereocenters. The van der Waals surface area contributed by atoms with Gasteiger partial charge in [-0.1, -0.05) is 17.7 Å². The first-order valence-electron chi connectivity index (χ1n) is 15.0. The second-order valence-corrected chi connectivity index (χ2v) is 11.4. The van der Waals surface area contributed by atoms with E-state index in [4.69, 9.17) is 35.1 Å². The van der Waals surface area contributed by atoms with Gasteiger partial charge in [-0.05, 0) is 87.7 Å². The average Bonchev–Trinajstić information content (AvgIpc) is 3.67. The van der Waals surface area contributed by atoms with Crippen LogP contribution >= 0.6 is 11.6 Å². The van der Waals surface area contributed by atoms with Crippen molar-refractivity contribution < 1.29 is 13.6 Å². The second-order valence-electron chi connectivity index (χ2n) is 11.0. The van der Waals surface area contributed by atoms with Crippen LogP contribution in [0.2, 0.25) is 5.02 Å². The predicted molar refractivity (Wildman–Crippen MR) is 165 cm³/mol. The molecule has 6 heterocycles. The number of benzene rings is 1. The van der Waals surface area contributed by atoms with Crippen LogP contribution in [0.4, 0.5) is 12.0 Å². The van der Waals surface area contributed by atoms with E-state index in [-0.39, 0.29) is 12.1 Å². The van der Waals surface area contributed by atoms with E-state index >= 15 is 0 Å². The SMILES string of the molecule is CCOc1cc(CN2CCC(N(c3nc4ncccc4o3)N(c3nc4ncccc4o3)C3CCNCC3)CC2)ccc1Cl. The van der Waals surface area contributed by atoms with Gasteiger partial charge in [-0.15, -0.1) is 0 Å². The van der Waals surface area contributed by atoms with Crippen molar-refractivity contribution in [1.82, 2.24) is 30.2 Å². The van der Waals surface area contributed by atoms with Crippen LogP contribution in [-0.4, -0.2) is 69.7 Å². The molecule has 0 saturated carbocycles. The highest BCUT2D eigenvalue weighted by Crippen LogP contribution is 2.35. The largest absolute Gasteiger partial charge is 0.492 e. The summed E-state index contributed by atoms with van der Waals surface area (Å²) in [6, 6.07) is 14.8. The quantitative estimate of drug-likeness (QED) is 0.217. The van der Waals surface area contributed by atoms with E-state index in [2.05, 4.69) is 42.3 Å². The molecule has 0 aliphatic carbocycles. The molecule has 0 unspecified atom stereocenters. The van der Waals surface area contributed by atoms with Gasteiger partial charge in [0.25, 0.3) is 0 Å². The van der Waals surface area contributed by atoms with Gasteiger partial charge in [0.1, 0.15) is 5.75 Å². The van der Waals surface area contributed by atoms with Gasteiger partial charge >= 0.3 is 12.0 Å². The molecule has 1 N–H and O–H groups in total. The monoisotopic (exact) mass is 602 g/mol. The fourth-order valence-electron chi connectivity index (χ4n) is 6.10. The number of hydrogen-bond acceptors (Lipinski definition) is 11. The van der Waals surface area contributed by atoms with E-state index in [1.807, 2.05) is 37.3 Å². The number of piperidine rings is 2. The third kappa shape index (κ3) is 5.84. The molecule has 43 heavy (non-hydrogen) atoms. The van der Waals surface area contributed by atoms with Crippen LogP contribution in [0, 0.1) is 0 Å². The van der Waals surface area contributed by atoms with Gasteiger partial charge in [-0.2, -0.15) is 9.97 Å². The third-order valence-corrected chi connectivity index (χ3v) is 8.50. The molecule has 1 aromatic carbocycles. The summed E-state index contributed by atoms with van der Waals surface area (Å²) in [4.78, 5) is 21.1. The van der Waals surface area contributed by atoms with Crippen molar-refractivity contribution in [3.8, 4) is 5.75 Å². The van der Waals surface area contributed by atoms with Gasteiger partial charge < -0.3 is 18.9 Å². The molecule has 11 nitrogen and oxygen atoms in total. The van der Waals surface area contributed by atoms with Crippen molar-refractivity contribution in [3.63, 3.8) is 0 Å². The smallest absolute Gasteiger partial charge is 0.319 e. The first-order chi connectivity index (χ1) is 21.2. The zero-order valence-corrected chi connectivity index (χ0v) is 24.9.